The third-order valence-electron chi connectivity index (χ3n) is 5.01. The molecule has 2 aromatic rings. The molecule has 6 nitrogen and oxygen atoms in total. The first kappa shape index (κ1) is 21.6. The number of nitrogens with one attached hydrogen (secondary N) is 1. The smallest absolute Gasteiger partial charge is 0.344 e. The van der Waals surface area contributed by atoms with E-state index in [1.807, 2.05) is 12.1 Å². The third kappa shape index (κ3) is 5.70. The van der Waals surface area contributed by atoms with Gasteiger partial charge in [0.15, 0.2) is 6.61 Å². The van der Waals surface area contributed by atoms with Crippen LogP contribution < -0.4 is 10.1 Å². The summed E-state index contributed by atoms with van der Waals surface area (Å²) in [5.41, 5.74) is 2.55. The van der Waals surface area contributed by atoms with Gasteiger partial charge in [-0.3, -0.25) is 0 Å². The number of hydrogen-bond donors (Lipinski definition) is 3. The minimum Gasteiger partial charge on any atom is -0.482 e. The second kappa shape index (κ2) is 10.1. The molecule has 1 aliphatic rings. The summed E-state index contributed by atoms with van der Waals surface area (Å²) in [5, 5.41) is 25.1. The molecule has 0 spiro atoms. The van der Waals surface area contributed by atoms with Gasteiger partial charge in [-0.1, -0.05) is 29.8 Å². The average molecular weight is 420 g/mol. The Morgan fingerprint density at radius 1 is 1.31 bits per heavy atom. The summed E-state index contributed by atoms with van der Waals surface area (Å²) in [6.45, 7) is 2.18. The van der Waals surface area contributed by atoms with Crippen LogP contribution in [0.5, 0.6) is 5.75 Å². The van der Waals surface area contributed by atoms with Crippen LogP contribution in [0.1, 0.15) is 42.2 Å². The van der Waals surface area contributed by atoms with Gasteiger partial charge in [-0.25, -0.2) is 4.79 Å². The monoisotopic (exact) mass is 419 g/mol. The number of rotatable bonds is 8. The Labute approximate surface area is 175 Å². The van der Waals surface area contributed by atoms with Gasteiger partial charge in [-0.05, 0) is 60.7 Å². The van der Waals surface area contributed by atoms with Crippen molar-refractivity contribution in [3.05, 3.63) is 64.2 Å². The van der Waals surface area contributed by atoms with Crippen LogP contribution >= 0.6 is 11.6 Å². The molecule has 0 bridgehead atoms. The number of esters is 1. The highest BCUT2D eigenvalue weighted by Crippen LogP contribution is 2.33. The number of hydrogen-bond acceptors (Lipinski definition) is 6. The highest BCUT2D eigenvalue weighted by molar-refractivity contribution is 6.30. The van der Waals surface area contributed by atoms with Gasteiger partial charge in [0.25, 0.3) is 0 Å². The minimum atomic E-state index is -0.739. The number of carbonyl (C=O) groups is 1. The molecule has 0 heterocycles. The van der Waals surface area contributed by atoms with Crippen LogP contribution in [0.3, 0.4) is 0 Å². The van der Waals surface area contributed by atoms with Crippen LogP contribution in [0, 0.1) is 0 Å². The number of halogens is 1. The molecule has 0 amide bonds. The minimum absolute atomic E-state index is 0.170. The second-order valence-corrected chi connectivity index (χ2v) is 7.46. The van der Waals surface area contributed by atoms with Crippen LogP contribution in [0.2, 0.25) is 5.02 Å². The SMILES string of the molecule is CCOC(=O)COc1ccc2c(c1)C(O)C(NC[C@H](O)c1cccc(Cl)c1)CC2. The van der Waals surface area contributed by atoms with E-state index in [1.165, 1.54) is 0 Å². The summed E-state index contributed by atoms with van der Waals surface area (Å²) in [4.78, 5) is 11.5. The van der Waals surface area contributed by atoms with Crippen molar-refractivity contribution in [3.8, 4) is 5.75 Å². The lowest BCUT2D eigenvalue weighted by Gasteiger charge is -2.32. The molecule has 0 aliphatic heterocycles. The molecule has 0 radical (unpaired) electrons. The van der Waals surface area contributed by atoms with Gasteiger partial charge in [-0.2, -0.15) is 0 Å². The van der Waals surface area contributed by atoms with Gasteiger partial charge in [0.1, 0.15) is 5.75 Å². The van der Waals surface area contributed by atoms with Gasteiger partial charge in [0.05, 0.1) is 18.8 Å². The van der Waals surface area contributed by atoms with Gasteiger partial charge in [-0.15, -0.1) is 0 Å². The van der Waals surface area contributed by atoms with Gasteiger partial charge < -0.3 is 25.0 Å². The van der Waals surface area contributed by atoms with Gasteiger partial charge in [0.2, 0.25) is 0 Å². The maximum atomic E-state index is 11.5. The normalized spacial score (nSPS) is 19.3. The van der Waals surface area contributed by atoms with E-state index in [4.69, 9.17) is 21.1 Å². The van der Waals surface area contributed by atoms with E-state index in [2.05, 4.69) is 5.32 Å². The molecule has 0 aromatic heterocycles. The van der Waals surface area contributed by atoms with Crippen LogP contribution in [0.15, 0.2) is 42.5 Å². The number of fused-ring (bicyclic) bond motifs is 1. The number of aliphatic hydroxyl groups is 2. The van der Waals surface area contributed by atoms with Crippen molar-refractivity contribution in [1.82, 2.24) is 5.32 Å². The first-order chi connectivity index (χ1) is 14.0. The molecule has 7 heteroatoms. The highest BCUT2D eigenvalue weighted by atomic mass is 35.5. The fourth-order valence-corrected chi connectivity index (χ4v) is 3.70. The third-order valence-corrected chi connectivity index (χ3v) is 5.25. The first-order valence-electron chi connectivity index (χ1n) is 9.74. The summed E-state index contributed by atoms with van der Waals surface area (Å²) in [6.07, 6.45) is 0.0903. The van der Waals surface area contributed by atoms with Crippen molar-refractivity contribution in [2.45, 2.75) is 38.0 Å². The van der Waals surface area contributed by atoms with Gasteiger partial charge in [0, 0.05) is 17.6 Å². The lowest BCUT2D eigenvalue weighted by atomic mass is 9.85. The number of carbonyl (C=O) groups excluding carboxylic acids is 1. The number of aliphatic hydroxyl groups excluding tert-OH is 2. The van der Waals surface area contributed by atoms with Crippen LogP contribution in [-0.2, 0) is 16.0 Å². The van der Waals surface area contributed by atoms with E-state index >= 15 is 0 Å². The molecule has 2 unspecified atom stereocenters. The topological polar surface area (TPSA) is 88.0 Å². The molecular weight excluding hydrogens is 394 g/mol. The summed E-state index contributed by atoms with van der Waals surface area (Å²) >= 11 is 5.98. The lowest BCUT2D eigenvalue weighted by Crippen LogP contribution is -2.40. The fourth-order valence-electron chi connectivity index (χ4n) is 3.50. The molecule has 29 heavy (non-hydrogen) atoms. The molecule has 0 fully saturated rings. The van der Waals surface area contributed by atoms with Crippen molar-refractivity contribution in [1.29, 1.82) is 0 Å². The molecule has 3 atom stereocenters. The summed E-state index contributed by atoms with van der Waals surface area (Å²) in [5.74, 6) is 0.0794. The molecule has 3 N–H and O–H groups in total. The summed E-state index contributed by atoms with van der Waals surface area (Å²) < 4.78 is 10.3. The first-order valence-corrected chi connectivity index (χ1v) is 10.1. The molecule has 156 valence electrons. The van der Waals surface area contributed by atoms with E-state index in [0.717, 1.165) is 29.5 Å². The number of benzene rings is 2. The van der Waals surface area contributed by atoms with Crippen molar-refractivity contribution in [2.75, 3.05) is 19.8 Å². The Morgan fingerprint density at radius 2 is 2.14 bits per heavy atom. The Bertz CT molecular complexity index is 844. The Balaban J connectivity index is 1.61. The second-order valence-electron chi connectivity index (χ2n) is 7.02. The molecule has 1 aliphatic carbocycles. The van der Waals surface area contributed by atoms with Crippen LogP contribution in [-0.4, -0.2) is 42.0 Å². The van der Waals surface area contributed by atoms with E-state index in [-0.39, 0.29) is 12.6 Å². The lowest BCUT2D eigenvalue weighted by molar-refractivity contribution is -0.145. The van der Waals surface area contributed by atoms with Crippen molar-refractivity contribution in [2.24, 2.45) is 0 Å². The van der Waals surface area contributed by atoms with E-state index in [1.54, 1.807) is 37.3 Å². The van der Waals surface area contributed by atoms with E-state index in [9.17, 15) is 15.0 Å². The quantitative estimate of drug-likeness (QED) is 0.570. The average Bonchev–Trinajstić information content (AvgIpc) is 2.72. The Kier molecular flexibility index (Phi) is 7.50. The Hall–Kier alpha value is -2.12. The summed E-state index contributed by atoms with van der Waals surface area (Å²) in [6, 6.07) is 12.4. The predicted molar refractivity (Wildman–Crippen MR) is 110 cm³/mol. The van der Waals surface area contributed by atoms with Crippen LogP contribution in [0.25, 0.3) is 0 Å². The highest BCUT2D eigenvalue weighted by Gasteiger charge is 2.28. The standard InChI is InChI=1S/C22H26ClNO5/c1-2-28-21(26)13-29-17-8-6-14-7-9-19(22(27)18(14)11-17)24-12-20(25)15-4-3-5-16(23)10-15/h3-6,8,10-11,19-20,22,24-25,27H,2,7,9,12-13H2,1H3/t19?,20-,22?/m0/s1. The fraction of sp³-hybridized carbons (Fsp3) is 0.409. The van der Waals surface area contributed by atoms with Crippen molar-refractivity contribution < 1.29 is 24.5 Å². The largest absolute Gasteiger partial charge is 0.482 e. The van der Waals surface area contributed by atoms with Crippen LogP contribution in [0.4, 0.5) is 0 Å². The van der Waals surface area contributed by atoms with Crippen molar-refractivity contribution in [3.63, 3.8) is 0 Å². The van der Waals surface area contributed by atoms with Gasteiger partial charge >= 0.3 is 5.97 Å². The number of ether oxygens (including phenoxy) is 2. The Morgan fingerprint density at radius 3 is 2.90 bits per heavy atom. The zero-order valence-electron chi connectivity index (χ0n) is 16.3. The maximum Gasteiger partial charge on any atom is 0.344 e. The zero-order chi connectivity index (χ0) is 20.8. The molecule has 2 aromatic carbocycles. The summed E-state index contributed by atoms with van der Waals surface area (Å²) in [7, 11) is 0. The van der Waals surface area contributed by atoms with Crippen molar-refractivity contribution >= 4 is 17.6 Å². The molecule has 0 saturated heterocycles. The maximum absolute atomic E-state index is 11.5. The molecular formula is C22H26ClNO5. The zero-order valence-corrected chi connectivity index (χ0v) is 17.1. The van der Waals surface area contributed by atoms with E-state index < -0.39 is 18.2 Å². The molecule has 0 saturated carbocycles. The number of aryl methyl sites for hydroxylation is 1. The van der Waals surface area contributed by atoms with E-state index in [0.29, 0.717) is 23.9 Å². The predicted octanol–water partition coefficient (Wildman–Crippen LogP) is 2.95. The molecule has 3 rings (SSSR count).